The van der Waals surface area contributed by atoms with Crippen molar-refractivity contribution in [2.75, 3.05) is 13.7 Å². The van der Waals surface area contributed by atoms with Crippen molar-refractivity contribution in [3.63, 3.8) is 0 Å². The maximum absolute atomic E-state index is 12.5. The van der Waals surface area contributed by atoms with Gasteiger partial charge in [0.25, 0.3) is 0 Å². The lowest BCUT2D eigenvalue weighted by Crippen LogP contribution is -2.33. The Labute approximate surface area is 216 Å². The van der Waals surface area contributed by atoms with E-state index >= 15 is 0 Å². The maximum atomic E-state index is 12.5. The molecule has 0 spiro atoms. The number of hydrogen-bond donors (Lipinski definition) is 0. The van der Waals surface area contributed by atoms with Crippen LogP contribution in [0.3, 0.4) is 0 Å². The quantitative estimate of drug-likeness (QED) is 0.189. The van der Waals surface area contributed by atoms with Gasteiger partial charge in [-0.15, -0.1) is 0 Å². The summed E-state index contributed by atoms with van der Waals surface area (Å²) in [6, 6.07) is 4.66. The third kappa shape index (κ3) is 7.37. The van der Waals surface area contributed by atoms with Crippen LogP contribution in [0.15, 0.2) is 23.8 Å². The van der Waals surface area contributed by atoms with Crippen LogP contribution in [0.25, 0.3) is 0 Å². The number of rotatable bonds is 10. The van der Waals surface area contributed by atoms with Crippen molar-refractivity contribution in [2.45, 2.75) is 119 Å². The fourth-order valence-corrected chi connectivity index (χ4v) is 5.37. The van der Waals surface area contributed by atoms with Crippen LogP contribution in [0.5, 0.6) is 5.75 Å². The summed E-state index contributed by atoms with van der Waals surface area (Å²) in [4.78, 5) is 12.5. The molecule has 0 aromatic heterocycles. The van der Waals surface area contributed by atoms with Crippen molar-refractivity contribution in [1.82, 2.24) is 0 Å². The zero-order valence-electron chi connectivity index (χ0n) is 24.6. The molecule has 0 aliphatic heterocycles. The van der Waals surface area contributed by atoms with Gasteiger partial charge in [0.15, 0.2) is 0 Å². The van der Waals surface area contributed by atoms with E-state index in [9.17, 15) is 4.79 Å². The Balaban J connectivity index is 2.40. The molecule has 198 valence electrons. The summed E-state index contributed by atoms with van der Waals surface area (Å²) in [7, 11) is 1.79. The average Bonchev–Trinajstić information content (AvgIpc) is 2.76. The predicted octanol–water partition coefficient (Wildman–Crippen LogP) is 8.92. The first-order valence-corrected chi connectivity index (χ1v) is 13.7. The van der Waals surface area contributed by atoms with Gasteiger partial charge in [0.05, 0.1) is 12.5 Å². The number of hydrogen-bond acceptors (Lipinski definition) is 3. The van der Waals surface area contributed by atoms with Crippen LogP contribution >= 0.6 is 0 Å². The van der Waals surface area contributed by atoms with Crippen LogP contribution < -0.4 is 4.74 Å². The summed E-state index contributed by atoms with van der Waals surface area (Å²) in [6.07, 6.45) is 9.73. The SMILES string of the molecule is CCCCCCC(C)(C)c1cc(C)c([C@H]2C=C(COC(=O)C(C)(C)C)[C@@H](C)C(C)(C)C2)c(OC)c1. The van der Waals surface area contributed by atoms with E-state index in [-0.39, 0.29) is 22.7 Å². The molecule has 0 saturated heterocycles. The summed E-state index contributed by atoms with van der Waals surface area (Å²) in [5, 5.41) is 0. The van der Waals surface area contributed by atoms with E-state index in [2.05, 4.69) is 66.7 Å². The summed E-state index contributed by atoms with van der Waals surface area (Å²) in [6.45, 7) is 22.2. The van der Waals surface area contributed by atoms with Gasteiger partial charge < -0.3 is 9.47 Å². The zero-order valence-corrected chi connectivity index (χ0v) is 24.6. The summed E-state index contributed by atoms with van der Waals surface area (Å²) in [5.41, 5.74) is 4.86. The molecule has 0 fully saturated rings. The highest BCUT2D eigenvalue weighted by Gasteiger charge is 2.38. The topological polar surface area (TPSA) is 35.5 Å². The summed E-state index contributed by atoms with van der Waals surface area (Å²) in [5.74, 6) is 1.42. The highest BCUT2D eigenvalue weighted by Crippen LogP contribution is 2.49. The average molecular weight is 485 g/mol. The van der Waals surface area contributed by atoms with Crippen LogP contribution in [0.2, 0.25) is 0 Å². The van der Waals surface area contributed by atoms with Crippen LogP contribution in [-0.4, -0.2) is 19.7 Å². The molecule has 2 rings (SSSR count). The molecule has 1 aromatic rings. The van der Waals surface area contributed by atoms with Crippen LogP contribution in [0.1, 0.15) is 123 Å². The Morgan fingerprint density at radius 2 is 1.74 bits per heavy atom. The van der Waals surface area contributed by atoms with E-state index in [1.807, 2.05) is 20.8 Å². The number of aryl methyl sites for hydroxylation is 1. The fourth-order valence-electron chi connectivity index (χ4n) is 5.37. The van der Waals surface area contributed by atoms with Crippen molar-refractivity contribution in [2.24, 2.45) is 16.7 Å². The minimum absolute atomic E-state index is 0.0948. The van der Waals surface area contributed by atoms with Gasteiger partial charge in [-0.05, 0) is 80.1 Å². The Kier molecular flexibility index (Phi) is 9.70. The van der Waals surface area contributed by atoms with Crippen molar-refractivity contribution in [3.05, 3.63) is 40.5 Å². The van der Waals surface area contributed by atoms with E-state index in [4.69, 9.17) is 9.47 Å². The highest BCUT2D eigenvalue weighted by molar-refractivity contribution is 5.75. The maximum Gasteiger partial charge on any atom is 0.311 e. The summed E-state index contributed by atoms with van der Waals surface area (Å²) >= 11 is 0. The van der Waals surface area contributed by atoms with Crippen LogP contribution in [0, 0.1) is 23.7 Å². The molecule has 1 aliphatic carbocycles. The number of methoxy groups -OCH3 is 1. The molecule has 3 heteroatoms. The first kappa shape index (κ1) is 29.5. The number of allylic oxidation sites excluding steroid dienone is 1. The number of carbonyl (C=O) groups excluding carboxylic acids is 1. The van der Waals surface area contributed by atoms with Crippen molar-refractivity contribution in [1.29, 1.82) is 0 Å². The van der Waals surface area contributed by atoms with Gasteiger partial charge in [0.1, 0.15) is 12.4 Å². The third-order valence-corrected chi connectivity index (χ3v) is 8.25. The van der Waals surface area contributed by atoms with E-state index in [1.165, 1.54) is 54.4 Å². The van der Waals surface area contributed by atoms with Gasteiger partial charge in [0, 0.05) is 11.5 Å². The molecular weight excluding hydrogens is 432 g/mol. The Hall–Kier alpha value is -1.77. The number of carbonyl (C=O) groups is 1. The van der Waals surface area contributed by atoms with Gasteiger partial charge in [-0.2, -0.15) is 0 Å². The highest BCUT2D eigenvalue weighted by atomic mass is 16.5. The number of unbranched alkanes of at least 4 members (excludes halogenated alkanes) is 3. The van der Waals surface area contributed by atoms with Crippen LogP contribution in [-0.2, 0) is 14.9 Å². The van der Waals surface area contributed by atoms with E-state index < -0.39 is 5.41 Å². The fraction of sp³-hybridized carbons (Fsp3) is 0.719. The molecule has 0 heterocycles. The lowest BCUT2D eigenvalue weighted by atomic mass is 9.64. The van der Waals surface area contributed by atoms with Crippen molar-refractivity contribution < 1.29 is 14.3 Å². The van der Waals surface area contributed by atoms with Crippen LogP contribution in [0.4, 0.5) is 0 Å². The standard InChI is InChI=1S/C32H52O3/c1-12-13-14-15-16-31(7,8)26-17-22(2)28(27(19-26)34-11)24-18-25(23(3)32(9,10)20-24)21-35-29(33)30(4,5)6/h17-19,23-24H,12-16,20-21H2,1-11H3/t23-,24+/m1/s1. The molecule has 0 amide bonds. The van der Waals surface area contributed by atoms with Gasteiger partial charge in [0.2, 0.25) is 0 Å². The lowest BCUT2D eigenvalue weighted by molar-refractivity contribution is -0.152. The van der Waals surface area contributed by atoms with E-state index in [1.54, 1.807) is 7.11 Å². The van der Waals surface area contributed by atoms with Gasteiger partial charge >= 0.3 is 5.97 Å². The number of esters is 1. The van der Waals surface area contributed by atoms with E-state index in [0.717, 1.165) is 12.2 Å². The zero-order chi connectivity index (χ0) is 26.6. The Morgan fingerprint density at radius 3 is 2.31 bits per heavy atom. The summed E-state index contributed by atoms with van der Waals surface area (Å²) < 4.78 is 11.8. The second-order valence-electron chi connectivity index (χ2n) is 13.2. The molecule has 0 radical (unpaired) electrons. The number of benzene rings is 1. The first-order chi connectivity index (χ1) is 16.1. The second-order valence-corrected chi connectivity index (χ2v) is 13.2. The molecule has 2 atom stereocenters. The largest absolute Gasteiger partial charge is 0.496 e. The third-order valence-electron chi connectivity index (χ3n) is 8.25. The molecule has 1 aromatic carbocycles. The molecule has 0 unspecified atom stereocenters. The molecular formula is C32H52O3. The smallest absolute Gasteiger partial charge is 0.311 e. The molecule has 0 saturated carbocycles. The predicted molar refractivity (Wildman–Crippen MR) is 148 cm³/mol. The number of ether oxygens (including phenoxy) is 2. The normalized spacial score (nSPS) is 20.4. The Morgan fingerprint density at radius 1 is 1.09 bits per heavy atom. The Bertz CT molecular complexity index is 898. The minimum atomic E-state index is -0.494. The van der Waals surface area contributed by atoms with E-state index in [0.29, 0.717) is 12.5 Å². The van der Waals surface area contributed by atoms with Gasteiger partial charge in [-0.3, -0.25) is 4.79 Å². The van der Waals surface area contributed by atoms with Crippen molar-refractivity contribution >= 4 is 5.97 Å². The monoisotopic (exact) mass is 484 g/mol. The van der Waals surface area contributed by atoms with Gasteiger partial charge in [-0.1, -0.05) is 79.4 Å². The lowest BCUT2D eigenvalue weighted by Gasteiger charge is -2.41. The van der Waals surface area contributed by atoms with Gasteiger partial charge in [-0.25, -0.2) is 0 Å². The molecule has 1 aliphatic rings. The second kappa shape index (κ2) is 11.5. The van der Waals surface area contributed by atoms with Crippen molar-refractivity contribution in [3.8, 4) is 5.75 Å². The minimum Gasteiger partial charge on any atom is -0.496 e. The first-order valence-electron chi connectivity index (χ1n) is 13.7. The molecule has 35 heavy (non-hydrogen) atoms. The molecule has 0 N–H and O–H groups in total. The molecule has 3 nitrogen and oxygen atoms in total. The molecule has 0 bridgehead atoms.